The monoisotopic (exact) mass is 747 g/mol. The highest BCUT2D eigenvalue weighted by molar-refractivity contribution is 6.67. The van der Waals surface area contributed by atoms with Crippen molar-refractivity contribution in [2.75, 3.05) is 5.32 Å². The number of pyridine rings is 1. The Morgan fingerprint density at radius 1 is 0.852 bits per heavy atom. The second-order valence-electron chi connectivity index (χ2n) is 14.0. The van der Waals surface area contributed by atoms with E-state index in [2.05, 4.69) is 37.0 Å². The van der Waals surface area contributed by atoms with Gasteiger partial charge in [0.15, 0.2) is 5.82 Å². The molecule has 1 N–H and O–H groups in total. The predicted octanol–water partition coefficient (Wildman–Crippen LogP) is 8.35. The number of carbonyl (C=O) groups excluding carboxylic acids is 2. The summed E-state index contributed by atoms with van der Waals surface area (Å²) < 4.78 is 34.1. The van der Waals surface area contributed by atoms with Gasteiger partial charge in [-0.15, -0.1) is 16.8 Å². The van der Waals surface area contributed by atoms with Gasteiger partial charge in [0.1, 0.15) is 29.0 Å². The third kappa shape index (κ3) is 6.98. The Morgan fingerprint density at radius 3 is 2.02 bits per heavy atom. The van der Waals surface area contributed by atoms with Gasteiger partial charge in [0.25, 0.3) is 11.1 Å². The molecule has 1 amide bonds. The molecular weight excluding hydrogens is 712 g/mol. The molecule has 4 aromatic heterocycles. The molecule has 6 aromatic rings. The topological polar surface area (TPSA) is 125 Å². The number of carbonyl (C=O) groups is 2. The van der Waals surface area contributed by atoms with E-state index in [0.717, 1.165) is 59.7 Å². The van der Waals surface area contributed by atoms with Crippen LogP contribution in [0.2, 0.25) is 0 Å². The number of hydrogen-bond acceptors (Lipinski definition) is 7. The number of fused-ring (bicyclic) bond motifs is 1. The van der Waals surface area contributed by atoms with E-state index in [1.165, 1.54) is 31.0 Å². The molecule has 0 unspecified atom stereocenters. The van der Waals surface area contributed by atoms with Crippen LogP contribution in [0.3, 0.4) is 0 Å². The fourth-order valence-electron chi connectivity index (χ4n) is 6.78. The molecule has 54 heavy (non-hydrogen) atoms. The zero-order valence-corrected chi connectivity index (χ0v) is 30.4. The van der Waals surface area contributed by atoms with Crippen LogP contribution in [-0.4, -0.2) is 50.0 Å². The number of imidazole rings is 2. The molecular formula is C40H36ClF2N9O2. The third-order valence-electron chi connectivity index (χ3n) is 10.0. The lowest BCUT2D eigenvalue weighted by Gasteiger charge is -2.12. The van der Waals surface area contributed by atoms with Crippen LogP contribution in [0.5, 0.6) is 0 Å². The SMILES string of the molecule is C=C[C@@H]1CCc2nnc(-c3cccc(NC(=O)c4cc(-n5cnc(C6CC6)c5)c(C)cc4F)n3)n21.Cc1cc(F)c(C(=O)Cl)cc1-n1cnc(C2CC2)c1. The van der Waals surface area contributed by atoms with Gasteiger partial charge in [0.05, 0.1) is 52.6 Å². The molecule has 2 saturated carbocycles. The molecule has 0 bridgehead atoms. The smallest absolute Gasteiger partial charge is 0.259 e. The fourth-order valence-corrected chi connectivity index (χ4v) is 6.93. The van der Waals surface area contributed by atoms with E-state index in [1.54, 1.807) is 37.8 Å². The molecule has 9 rings (SSSR count). The number of rotatable bonds is 9. The van der Waals surface area contributed by atoms with Crippen molar-refractivity contribution in [1.82, 2.24) is 38.9 Å². The van der Waals surface area contributed by atoms with Crippen molar-refractivity contribution >= 4 is 28.6 Å². The van der Waals surface area contributed by atoms with Crippen LogP contribution < -0.4 is 5.32 Å². The van der Waals surface area contributed by atoms with Crippen LogP contribution in [0.25, 0.3) is 22.9 Å². The van der Waals surface area contributed by atoms with Crippen molar-refractivity contribution in [3.8, 4) is 22.9 Å². The molecule has 0 spiro atoms. The minimum absolute atomic E-state index is 0.0606. The molecule has 2 aliphatic carbocycles. The van der Waals surface area contributed by atoms with Crippen molar-refractivity contribution in [3.05, 3.63) is 131 Å². The first-order valence-electron chi connectivity index (χ1n) is 17.8. The average Bonchev–Trinajstić information content (AvgIpc) is 3.96. The van der Waals surface area contributed by atoms with Gasteiger partial charge in [0.2, 0.25) is 0 Å². The predicted molar refractivity (Wildman–Crippen MR) is 199 cm³/mol. The van der Waals surface area contributed by atoms with Gasteiger partial charge in [-0.2, -0.15) is 0 Å². The number of halogens is 3. The van der Waals surface area contributed by atoms with Gasteiger partial charge in [-0.05, 0) is 105 Å². The molecule has 11 nitrogen and oxygen atoms in total. The lowest BCUT2D eigenvalue weighted by molar-refractivity contribution is 0.102. The number of anilines is 1. The number of aromatic nitrogens is 8. The molecule has 1 aliphatic heterocycles. The quantitative estimate of drug-likeness (QED) is 0.116. The number of aryl methyl sites for hydroxylation is 3. The third-order valence-corrected chi connectivity index (χ3v) is 10.2. The molecule has 0 saturated heterocycles. The lowest BCUT2D eigenvalue weighted by Crippen LogP contribution is -2.16. The Kier molecular flexibility index (Phi) is 9.26. The summed E-state index contributed by atoms with van der Waals surface area (Å²) in [5.74, 6) is 1.11. The summed E-state index contributed by atoms with van der Waals surface area (Å²) in [7, 11) is 0. The zero-order chi connectivity index (χ0) is 37.7. The molecule has 14 heteroatoms. The maximum Gasteiger partial charge on any atom is 0.259 e. The first-order valence-corrected chi connectivity index (χ1v) is 18.2. The van der Waals surface area contributed by atoms with Gasteiger partial charge in [-0.25, -0.2) is 23.7 Å². The summed E-state index contributed by atoms with van der Waals surface area (Å²) in [4.78, 5) is 37.6. The molecule has 274 valence electrons. The van der Waals surface area contributed by atoms with Crippen molar-refractivity contribution in [2.45, 2.75) is 70.3 Å². The summed E-state index contributed by atoms with van der Waals surface area (Å²) >= 11 is 5.38. The van der Waals surface area contributed by atoms with Crippen LogP contribution in [0, 0.1) is 25.5 Å². The van der Waals surface area contributed by atoms with Crippen molar-refractivity contribution in [1.29, 1.82) is 0 Å². The van der Waals surface area contributed by atoms with Crippen molar-refractivity contribution in [2.24, 2.45) is 0 Å². The fraction of sp³-hybridized carbons (Fsp3) is 0.275. The van der Waals surface area contributed by atoms with E-state index in [4.69, 9.17) is 11.6 Å². The highest BCUT2D eigenvalue weighted by Gasteiger charge is 2.28. The van der Waals surface area contributed by atoms with Gasteiger partial charge >= 0.3 is 0 Å². The van der Waals surface area contributed by atoms with E-state index in [1.807, 2.05) is 45.2 Å². The minimum atomic E-state index is -0.790. The summed E-state index contributed by atoms with van der Waals surface area (Å²) in [5.41, 5.74) is 5.37. The number of nitrogens with one attached hydrogen (secondary N) is 1. The first-order chi connectivity index (χ1) is 26.1. The van der Waals surface area contributed by atoms with Crippen LogP contribution in [-0.2, 0) is 6.42 Å². The Morgan fingerprint density at radius 2 is 1.44 bits per heavy atom. The molecule has 1 atom stereocenters. The normalized spacial score (nSPS) is 16.1. The Bertz CT molecular complexity index is 2440. The van der Waals surface area contributed by atoms with Crippen molar-refractivity contribution in [3.63, 3.8) is 0 Å². The first kappa shape index (κ1) is 35.2. The molecule has 3 aliphatic rings. The second kappa shape index (κ2) is 14.2. The van der Waals surface area contributed by atoms with Gasteiger partial charge in [0, 0.05) is 30.7 Å². The molecule has 2 fully saturated rings. The number of amides is 1. The Hall–Kier alpha value is -5.82. The van der Waals surface area contributed by atoms with Gasteiger partial charge in [-0.1, -0.05) is 12.1 Å². The largest absolute Gasteiger partial charge is 0.306 e. The van der Waals surface area contributed by atoms with Crippen LogP contribution in [0.15, 0.2) is 80.2 Å². The number of nitrogens with zero attached hydrogens (tertiary/aromatic N) is 8. The average molecular weight is 748 g/mol. The molecule has 2 aromatic carbocycles. The highest BCUT2D eigenvalue weighted by Crippen LogP contribution is 2.40. The van der Waals surface area contributed by atoms with Gasteiger partial charge < -0.3 is 19.0 Å². The second-order valence-corrected chi connectivity index (χ2v) is 14.3. The maximum atomic E-state index is 14.8. The van der Waals surface area contributed by atoms with Crippen LogP contribution >= 0.6 is 11.6 Å². The summed E-state index contributed by atoms with van der Waals surface area (Å²) in [6.45, 7) is 7.51. The van der Waals surface area contributed by atoms with E-state index in [-0.39, 0.29) is 17.2 Å². The van der Waals surface area contributed by atoms with E-state index in [0.29, 0.717) is 34.9 Å². The standard InChI is InChI=1S/C26H24FN7O.C14H12ClFN2O/c1-3-17-9-10-24-31-32-25(34(17)24)20-5-4-6-23(29-20)30-26(35)18-12-22(15(2)11-19(18)27)33-13-21(28-14-33)16-7-8-16;1-8-4-11(16)10(14(15)19)5-13(8)18-6-12(17-7-18)9-2-3-9/h3-6,11-14,16-17H,1,7-10H2,2H3,(H,29,30,35);4-7,9H,2-3H2,1H3/t17-;/m1./s1. The zero-order valence-electron chi connectivity index (χ0n) is 29.6. The molecule has 0 radical (unpaired) electrons. The van der Waals surface area contributed by atoms with E-state index >= 15 is 0 Å². The van der Waals surface area contributed by atoms with Crippen LogP contribution in [0.1, 0.15) is 99.0 Å². The lowest BCUT2D eigenvalue weighted by atomic mass is 10.1. The number of allylic oxidation sites excluding steroid dienone is 1. The Balaban J connectivity index is 0.000000183. The minimum Gasteiger partial charge on any atom is -0.306 e. The summed E-state index contributed by atoms with van der Waals surface area (Å²) in [6.07, 6.45) is 15.6. The van der Waals surface area contributed by atoms with Crippen LogP contribution in [0.4, 0.5) is 14.6 Å². The Labute approximate surface area is 314 Å². The highest BCUT2D eigenvalue weighted by atomic mass is 35.5. The van der Waals surface area contributed by atoms with Crippen molar-refractivity contribution < 1.29 is 18.4 Å². The van der Waals surface area contributed by atoms with E-state index in [9.17, 15) is 18.4 Å². The van der Waals surface area contributed by atoms with Gasteiger partial charge in [-0.3, -0.25) is 9.59 Å². The number of hydrogen-bond donors (Lipinski definition) is 1. The van der Waals surface area contributed by atoms with E-state index < -0.39 is 22.8 Å². The maximum absolute atomic E-state index is 14.8. The molecule has 5 heterocycles. The number of benzene rings is 2. The summed E-state index contributed by atoms with van der Waals surface area (Å²) in [5, 5.41) is 10.5. The summed E-state index contributed by atoms with van der Waals surface area (Å²) in [6, 6.07) is 11.1.